The summed E-state index contributed by atoms with van der Waals surface area (Å²) in [5.41, 5.74) is 6.26. The Morgan fingerprint density at radius 2 is 2.00 bits per heavy atom. The second-order valence-corrected chi connectivity index (χ2v) is 7.94. The van der Waals surface area contributed by atoms with Crippen LogP contribution in [0.15, 0.2) is 12.1 Å². The maximum absolute atomic E-state index is 6.26. The lowest BCUT2D eigenvalue weighted by molar-refractivity contribution is 0.109. The Kier molecular flexibility index (Phi) is 5.91. The van der Waals surface area contributed by atoms with E-state index in [0.717, 1.165) is 10.3 Å². The predicted molar refractivity (Wildman–Crippen MR) is 89.5 cm³/mol. The first-order valence-corrected chi connectivity index (χ1v) is 8.95. The lowest BCUT2D eigenvalue weighted by atomic mass is 9.83. The van der Waals surface area contributed by atoms with Gasteiger partial charge in [-0.15, -0.1) is 11.3 Å². The fraction of sp³-hybridized carbons (Fsp3) is 0.750. The van der Waals surface area contributed by atoms with Gasteiger partial charge in [0.2, 0.25) is 0 Å². The summed E-state index contributed by atoms with van der Waals surface area (Å²) in [4.78, 5) is 3.80. The van der Waals surface area contributed by atoms with Crippen LogP contribution in [0.3, 0.4) is 0 Å². The molecule has 1 aromatic rings. The molecular formula is C16H27ClN2S. The first-order valence-electron chi connectivity index (χ1n) is 7.75. The van der Waals surface area contributed by atoms with Gasteiger partial charge < -0.3 is 5.73 Å². The van der Waals surface area contributed by atoms with Crippen LogP contribution in [0, 0.1) is 5.92 Å². The van der Waals surface area contributed by atoms with Crippen molar-refractivity contribution >= 4 is 22.9 Å². The Morgan fingerprint density at radius 1 is 1.35 bits per heavy atom. The van der Waals surface area contributed by atoms with Gasteiger partial charge in [0.05, 0.1) is 10.4 Å². The molecule has 1 aromatic heterocycles. The smallest absolute Gasteiger partial charge is 0.0931 e. The van der Waals surface area contributed by atoms with Crippen molar-refractivity contribution in [1.82, 2.24) is 4.90 Å². The summed E-state index contributed by atoms with van der Waals surface area (Å²) in [5.74, 6) is 0.935. The topological polar surface area (TPSA) is 29.3 Å². The Morgan fingerprint density at radius 3 is 2.45 bits per heavy atom. The number of hydrogen-bond donors (Lipinski definition) is 1. The van der Waals surface area contributed by atoms with Crippen LogP contribution in [0.5, 0.6) is 0 Å². The minimum absolute atomic E-state index is 0.124. The average Bonchev–Trinajstić information content (AvgIpc) is 2.85. The quantitative estimate of drug-likeness (QED) is 0.854. The van der Waals surface area contributed by atoms with Crippen LogP contribution < -0.4 is 5.73 Å². The van der Waals surface area contributed by atoms with Crippen molar-refractivity contribution in [3.8, 4) is 0 Å². The molecule has 1 saturated carbocycles. The normalized spacial score (nSPS) is 26.7. The number of likely N-dealkylation sites (N-methyl/N-ethyl adjacent to an activating group) is 1. The molecule has 0 amide bonds. The Balaban J connectivity index is 2.06. The minimum Gasteiger partial charge on any atom is -0.326 e. The van der Waals surface area contributed by atoms with Crippen molar-refractivity contribution in [3.05, 3.63) is 21.3 Å². The molecule has 2 N–H and O–H groups in total. The number of nitrogens with two attached hydrogens (primary N) is 1. The van der Waals surface area contributed by atoms with Crippen LogP contribution >= 0.6 is 22.9 Å². The zero-order chi connectivity index (χ0) is 14.7. The molecule has 0 spiro atoms. The third kappa shape index (κ3) is 3.76. The monoisotopic (exact) mass is 314 g/mol. The molecular weight excluding hydrogens is 288 g/mol. The highest BCUT2D eigenvalue weighted by molar-refractivity contribution is 7.16. The van der Waals surface area contributed by atoms with E-state index in [-0.39, 0.29) is 12.1 Å². The van der Waals surface area contributed by atoms with E-state index in [1.165, 1.54) is 37.0 Å². The molecule has 0 aromatic carbocycles. The molecule has 4 heteroatoms. The highest BCUT2D eigenvalue weighted by atomic mass is 35.5. The first kappa shape index (κ1) is 16.3. The van der Waals surface area contributed by atoms with E-state index in [0.29, 0.717) is 6.04 Å². The van der Waals surface area contributed by atoms with E-state index in [4.69, 9.17) is 17.3 Å². The molecule has 114 valence electrons. The lowest BCUT2D eigenvalue weighted by Gasteiger charge is -2.40. The molecule has 1 aliphatic rings. The second kappa shape index (κ2) is 7.26. The van der Waals surface area contributed by atoms with Crippen molar-refractivity contribution < 1.29 is 0 Å². The molecule has 0 saturated heterocycles. The number of rotatable bonds is 5. The maximum Gasteiger partial charge on any atom is 0.0931 e. The zero-order valence-corrected chi connectivity index (χ0v) is 14.4. The minimum atomic E-state index is 0.124. The molecule has 2 rings (SSSR count). The SMILES string of the molecule is CCC1CCC(N(C)C(c2ccc(Cl)s2)C(C)N)CC1. The predicted octanol–water partition coefficient (Wildman–Crippen LogP) is 4.69. The molecule has 2 atom stereocenters. The summed E-state index contributed by atoms with van der Waals surface area (Å²) < 4.78 is 0.855. The van der Waals surface area contributed by atoms with Crippen molar-refractivity contribution in [2.45, 2.75) is 64.1 Å². The third-order valence-electron chi connectivity index (χ3n) is 4.79. The van der Waals surface area contributed by atoms with Crippen molar-refractivity contribution in [2.75, 3.05) is 7.05 Å². The summed E-state index contributed by atoms with van der Waals surface area (Å²) in [7, 11) is 2.23. The van der Waals surface area contributed by atoms with Crippen LogP contribution in [0.2, 0.25) is 4.34 Å². The number of nitrogens with zero attached hydrogens (tertiary/aromatic N) is 1. The van der Waals surface area contributed by atoms with E-state index in [1.54, 1.807) is 11.3 Å². The van der Waals surface area contributed by atoms with Gasteiger partial charge in [0.1, 0.15) is 0 Å². The first-order chi connectivity index (χ1) is 9.52. The van der Waals surface area contributed by atoms with Crippen molar-refractivity contribution in [1.29, 1.82) is 0 Å². The fourth-order valence-electron chi connectivity index (χ4n) is 3.51. The molecule has 1 heterocycles. The standard InChI is InChI=1S/C16H27ClN2S/c1-4-12-5-7-13(8-6-12)19(3)16(11(2)18)14-9-10-15(17)20-14/h9-13,16H,4-8,18H2,1-3H3. The Hall–Kier alpha value is -0.0900. The van der Waals surface area contributed by atoms with E-state index >= 15 is 0 Å². The number of thiophene rings is 1. The van der Waals surface area contributed by atoms with Crippen LogP contribution in [0.25, 0.3) is 0 Å². The average molecular weight is 315 g/mol. The van der Waals surface area contributed by atoms with Gasteiger partial charge in [0, 0.05) is 17.0 Å². The molecule has 2 unspecified atom stereocenters. The van der Waals surface area contributed by atoms with E-state index in [9.17, 15) is 0 Å². The highest BCUT2D eigenvalue weighted by Gasteiger charge is 2.30. The van der Waals surface area contributed by atoms with E-state index in [2.05, 4.69) is 31.9 Å². The van der Waals surface area contributed by atoms with Crippen LogP contribution in [-0.4, -0.2) is 24.0 Å². The molecule has 0 radical (unpaired) electrons. The molecule has 1 fully saturated rings. The summed E-state index contributed by atoms with van der Waals surface area (Å²) in [5, 5.41) is 0. The van der Waals surface area contributed by atoms with Crippen LogP contribution in [0.4, 0.5) is 0 Å². The summed E-state index contributed by atoms with van der Waals surface area (Å²) in [6.07, 6.45) is 6.66. The van der Waals surface area contributed by atoms with Crippen molar-refractivity contribution in [3.63, 3.8) is 0 Å². The molecule has 0 bridgehead atoms. The second-order valence-electron chi connectivity index (χ2n) is 6.19. The molecule has 2 nitrogen and oxygen atoms in total. The van der Waals surface area contributed by atoms with Gasteiger partial charge in [-0.3, -0.25) is 4.90 Å². The van der Waals surface area contributed by atoms with Gasteiger partial charge in [-0.2, -0.15) is 0 Å². The van der Waals surface area contributed by atoms with E-state index < -0.39 is 0 Å². The maximum atomic E-state index is 6.26. The number of halogens is 1. The summed E-state index contributed by atoms with van der Waals surface area (Å²) in [6.45, 7) is 4.42. The lowest BCUT2D eigenvalue weighted by Crippen LogP contribution is -2.44. The van der Waals surface area contributed by atoms with E-state index in [1.807, 2.05) is 6.07 Å². The highest BCUT2D eigenvalue weighted by Crippen LogP contribution is 2.36. The summed E-state index contributed by atoms with van der Waals surface area (Å²) in [6, 6.07) is 5.19. The largest absolute Gasteiger partial charge is 0.326 e. The third-order valence-corrected chi connectivity index (χ3v) is 6.09. The van der Waals surface area contributed by atoms with Crippen LogP contribution in [-0.2, 0) is 0 Å². The molecule has 0 aliphatic heterocycles. The number of hydrogen-bond acceptors (Lipinski definition) is 3. The van der Waals surface area contributed by atoms with Gasteiger partial charge >= 0.3 is 0 Å². The van der Waals surface area contributed by atoms with Crippen LogP contribution in [0.1, 0.15) is 56.9 Å². The van der Waals surface area contributed by atoms with Gasteiger partial charge in [-0.05, 0) is 57.7 Å². The van der Waals surface area contributed by atoms with Gasteiger partial charge in [-0.25, -0.2) is 0 Å². The Labute approximate surface area is 132 Å². The van der Waals surface area contributed by atoms with Gasteiger partial charge in [0.25, 0.3) is 0 Å². The van der Waals surface area contributed by atoms with Crippen molar-refractivity contribution in [2.24, 2.45) is 11.7 Å². The Bertz CT molecular complexity index is 410. The molecule has 20 heavy (non-hydrogen) atoms. The fourth-order valence-corrected chi connectivity index (χ4v) is 4.83. The zero-order valence-electron chi connectivity index (χ0n) is 12.8. The van der Waals surface area contributed by atoms with Gasteiger partial charge in [0.15, 0.2) is 0 Å². The molecule has 1 aliphatic carbocycles. The van der Waals surface area contributed by atoms with Gasteiger partial charge in [-0.1, -0.05) is 24.9 Å². The summed E-state index contributed by atoms with van der Waals surface area (Å²) >= 11 is 7.76.